The van der Waals surface area contributed by atoms with Gasteiger partial charge in [-0.15, -0.1) is 0 Å². The molecule has 0 bridgehead atoms. The average molecular weight is 388 g/mol. The molecule has 0 aliphatic carbocycles. The highest BCUT2D eigenvalue weighted by Crippen LogP contribution is 2.50. The van der Waals surface area contributed by atoms with Crippen molar-refractivity contribution in [2.75, 3.05) is 18.5 Å². The maximum Gasteiger partial charge on any atom is 0.124 e. The van der Waals surface area contributed by atoms with Crippen LogP contribution in [-0.2, 0) is 4.74 Å². The monoisotopic (exact) mass is 387 g/mol. The van der Waals surface area contributed by atoms with Gasteiger partial charge in [-0.05, 0) is 44.0 Å². The van der Waals surface area contributed by atoms with Crippen LogP contribution in [0.3, 0.4) is 0 Å². The molecule has 2 aromatic rings. The number of hydrogen-bond acceptors (Lipinski definition) is 3. The molecule has 3 nitrogen and oxygen atoms in total. The zero-order valence-electron chi connectivity index (χ0n) is 13.8. The summed E-state index contributed by atoms with van der Waals surface area (Å²) in [7, 11) is 0. The van der Waals surface area contributed by atoms with Crippen molar-refractivity contribution < 1.29 is 9.47 Å². The van der Waals surface area contributed by atoms with Gasteiger partial charge in [0.15, 0.2) is 0 Å². The number of nitrogens with one attached hydrogen (secondary N) is 1. The van der Waals surface area contributed by atoms with Gasteiger partial charge < -0.3 is 14.8 Å². The van der Waals surface area contributed by atoms with Crippen molar-refractivity contribution in [2.24, 2.45) is 5.92 Å². The van der Waals surface area contributed by atoms with Gasteiger partial charge in [0.2, 0.25) is 0 Å². The second kappa shape index (κ2) is 6.77. The van der Waals surface area contributed by atoms with E-state index in [2.05, 4.69) is 57.6 Å². The smallest absolute Gasteiger partial charge is 0.124 e. The molecule has 1 saturated heterocycles. The standard InChI is InChI=1S/C20H22BrNO2/c1-2-23-18-8-4-3-6-14(18)19-15-7-5-11-24-20(15)16-12-13(21)9-10-17(16)22-19/h3-4,6,8-10,12,15,19-20,22H,2,5,7,11H2,1H3/t15-,19+,20-/m0/s1. The van der Waals surface area contributed by atoms with Crippen LogP contribution in [-0.4, -0.2) is 13.2 Å². The lowest BCUT2D eigenvalue weighted by Crippen LogP contribution is -2.36. The van der Waals surface area contributed by atoms with E-state index in [0.29, 0.717) is 12.5 Å². The van der Waals surface area contributed by atoms with Crippen molar-refractivity contribution in [1.82, 2.24) is 0 Å². The molecule has 1 N–H and O–H groups in total. The molecule has 0 radical (unpaired) electrons. The van der Waals surface area contributed by atoms with Crippen molar-refractivity contribution in [2.45, 2.75) is 31.9 Å². The lowest BCUT2D eigenvalue weighted by atomic mass is 9.77. The molecule has 2 aromatic carbocycles. The Labute approximate surface area is 151 Å². The summed E-state index contributed by atoms with van der Waals surface area (Å²) in [6, 6.07) is 15.0. The lowest BCUT2D eigenvalue weighted by molar-refractivity contribution is -0.0383. The predicted molar refractivity (Wildman–Crippen MR) is 99.5 cm³/mol. The normalized spacial score (nSPS) is 25.3. The Morgan fingerprint density at radius 3 is 2.96 bits per heavy atom. The first-order valence-electron chi connectivity index (χ1n) is 8.67. The van der Waals surface area contributed by atoms with Crippen LogP contribution in [0.1, 0.15) is 43.0 Å². The van der Waals surface area contributed by atoms with Crippen molar-refractivity contribution in [1.29, 1.82) is 0 Å². The van der Waals surface area contributed by atoms with E-state index in [9.17, 15) is 0 Å². The number of fused-ring (bicyclic) bond motifs is 3. The molecule has 0 spiro atoms. The number of anilines is 1. The Morgan fingerprint density at radius 1 is 1.21 bits per heavy atom. The zero-order valence-corrected chi connectivity index (χ0v) is 15.4. The second-order valence-electron chi connectivity index (χ2n) is 6.42. The van der Waals surface area contributed by atoms with Crippen LogP contribution in [0.15, 0.2) is 46.9 Å². The number of hydrogen-bond donors (Lipinski definition) is 1. The van der Waals surface area contributed by atoms with Crippen LogP contribution < -0.4 is 10.1 Å². The zero-order chi connectivity index (χ0) is 16.5. The summed E-state index contributed by atoms with van der Waals surface area (Å²) in [5.74, 6) is 1.39. The van der Waals surface area contributed by atoms with E-state index in [1.165, 1.54) is 11.1 Å². The number of para-hydroxylation sites is 1. The summed E-state index contributed by atoms with van der Waals surface area (Å²) >= 11 is 3.60. The van der Waals surface area contributed by atoms with E-state index in [-0.39, 0.29) is 12.1 Å². The number of benzene rings is 2. The first-order chi connectivity index (χ1) is 11.8. The summed E-state index contributed by atoms with van der Waals surface area (Å²) < 4.78 is 13.2. The molecular weight excluding hydrogens is 366 g/mol. The fraction of sp³-hybridized carbons (Fsp3) is 0.400. The molecule has 24 heavy (non-hydrogen) atoms. The second-order valence-corrected chi connectivity index (χ2v) is 7.34. The van der Waals surface area contributed by atoms with Gasteiger partial charge >= 0.3 is 0 Å². The van der Waals surface area contributed by atoms with Crippen LogP contribution in [0.2, 0.25) is 0 Å². The van der Waals surface area contributed by atoms with E-state index >= 15 is 0 Å². The van der Waals surface area contributed by atoms with E-state index in [0.717, 1.165) is 35.4 Å². The first-order valence-corrected chi connectivity index (χ1v) is 9.46. The van der Waals surface area contributed by atoms with Crippen LogP contribution in [0.4, 0.5) is 5.69 Å². The van der Waals surface area contributed by atoms with Gasteiger partial charge in [-0.25, -0.2) is 0 Å². The summed E-state index contributed by atoms with van der Waals surface area (Å²) in [6.07, 6.45) is 2.42. The minimum absolute atomic E-state index is 0.146. The molecule has 3 atom stereocenters. The Bertz CT molecular complexity index is 733. The van der Waals surface area contributed by atoms with E-state index in [1.807, 2.05) is 13.0 Å². The SMILES string of the molecule is CCOc1ccccc1[C@H]1Nc2ccc(Br)cc2[C@H]2OCCC[C@@H]12. The topological polar surface area (TPSA) is 30.5 Å². The maximum atomic E-state index is 6.21. The van der Waals surface area contributed by atoms with Gasteiger partial charge in [0.25, 0.3) is 0 Å². The van der Waals surface area contributed by atoms with E-state index in [4.69, 9.17) is 9.47 Å². The Kier molecular flexibility index (Phi) is 4.51. The summed E-state index contributed by atoms with van der Waals surface area (Å²) in [5, 5.41) is 3.76. The molecule has 1 fully saturated rings. The molecule has 0 saturated carbocycles. The molecule has 0 amide bonds. The Morgan fingerprint density at radius 2 is 2.08 bits per heavy atom. The van der Waals surface area contributed by atoms with Gasteiger partial charge in [0.1, 0.15) is 5.75 Å². The fourth-order valence-electron chi connectivity index (χ4n) is 3.97. The third kappa shape index (κ3) is 2.82. The third-order valence-corrected chi connectivity index (χ3v) is 5.47. The van der Waals surface area contributed by atoms with Crippen molar-refractivity contribution in [3.8, 4) is 5.75 Å². The van der Waals surface area contributed by atoms with Gasteiger partial charge in [0.05, 0.1) is 18.8 Å². The molecule has 0 unspecified atom stereocenters. The third-order valence-electron chi connectivity index (χ3n) is 4.98. The number of halogens is 1. The van der Waals surface area contributed by atoms with Gasteiger partial charge in [-0.1, -0.05) is 34.1 Å². The predicted octanol–water partition coefficient (Wildman–Crippen LogP) is 5.48. The molecule has 2 heterocycles. The van der Waals surface area contributed by atoms with E-state index in [1.54, 1.807) is 0 Å². The Hall–Kier alpha value is -1.52. The highest BCUT2D eigenvalue weighted by molar-refractivity contribution is 9.10. The molecule has 2 aliphatic rings. The van der Waals surface area contributed by atoms with Crippen LogP contribution >= 0.6 is 15.9 Å². The lowest BCUT2D eigenvalue weighted by Gasteiger charge is -2.43. The average Bonchev–Trinajstić information content (AvgIpc) is 2.62. The van der Waals surface area contributed by atoms with Crippen LogP contribution in [0, 0.1) is 5.92 Å². The summed E-state index contributed by atoms with van der Waals surface area (Å²) in [6.45, 7) is 3.55. The van der Waals surface area contributed by atoms with Gasteiger partial charge in [-0.3, -0.25) is 0 Å². The van der Waals surface area contributed by atoms with Crippen LogP contribution in [0.5, 0.6) is 5.75 Å². The molecular formula is C20H22BrNO2. The fourth-order valence-corrected chi connectivity index (χ4v) is 4.35. The quantitative estimate of drug-likeness (QED) is 0.755. The minimum Gasteiger partial charge on any atom is -0.494 e. The van der Waals surface area contributed by atoms with Gasteiger partial charge in [-0.2, -0.15) is 0 Å². The summed E-state index contributed by atoms with van der Waals surface area (Å²) in [5.41, 5.74) is 3.66. The van der Waals surface area contributed by atoms with Gasteiger partial charge in [0, 0.05) is 33.8 Å². The first kappa shape index (κ1) is 16.0. The summed E-state index contributed by atoms with van der Waals surface area (Å²) in [4.78, 5) is 0. The molecule has 0 aromatic heterocycles. The molecule has 2 aliphatic heterocycles. The highest BCUT2D eigenvalue weighted by Gasteiger charge is 2.40. The number of rotatable bonds is 3. The van der Waals surface area contributed by atoms with Crippen molar-refractivity contribution >= 4 is 21.6 Å². The maximum absolute atomic E-state index is 6.21. The highest BCUT2D eigenvalue weighted by atomic mass is 79.9. The van der Waals surface area contributed by atoms with Crippen molar-refractivity contribution in [3.63, 3.8) is 0 Å². The molecule has 4 heteroatoms. The molecule has 4 rings (SSSR count). The molecule has 126 valence electrons. The number of ether oxygens (including phenoxy) is 2. The Balaban J connectivity index is 1.78. The van der Waals surface area contributed by atoms with Crippen LogP contribution in [0.25, 0.3) is 0 Å². The van der Waals surface area contributed by atoms with E-state index < -0.39 is 0 Å². The minimum atomic E-state index is 0.146. The van der Waals surface area contributed by atoms with Crippen molar-refractivity contribution in [3.05, 3.63) is 58.1 Å². The largest absolute Gasteiger partial charge is 0.494 e.